The zero-order valence-electron chi connectivity index (χ0n) is 14.9. The SMILES string of the molecule is Cl.O=C([C@@H]1C[C@H](c2ccc(F)cc2)CN1)N1CC[C@H](c2ccc(F)cc2)C1. The Bertz CT molecular complexity index is 716. The lowest BCUT2D eigenvalue weighted by Crippen LogP contribution is -2.42. The second-order valence-electron chi connectivity index (χ2n) is 7.27. The Morgan fingerprint density at radius 1 is 0.926 bits per heavy atom. The number of hydrogen-bond acceptors (Lipinski definition) is 2. The molecule has 27 heavy (non-hydrogen) atoms. The molecular weight excluding hydrogens is 370 g/mol. The van der Waals surface area contributed by atoms with Gasteiger partial charge in [-0.05, 0) is 54.2 Å². The van der Waals surface area contributed by atoms with Gasteiger partial charge in [0, 0.05) is 25.6 Å². The lowest BCUT2D eigenvalue weighted by molar-refractivity contribution is -0.132. The van der Waals surface area contributed by atoms with Crippen molar-refractivity contribution in [1.82, 2.24) is 10.2 Å². The van der Waals surface area contributed by atoms with Gasteiger partial charge in [0.05, 0.1) is 6.04 Å². The van der Waals surface area contributed by atoms with Crippen molar-refractivity contribution in [3.63, 3.8) is 0 Å². The van der Waals surface area contributed by atoms with Crippen LogP contribution in [0.5, 0.6) is 0 Å². The average molecular weight is 393 g/mol. The van der Waals surface area contributed by atoms with E-state index in [2.05, 4.69) is 5.32 Å². The summed E-state index contributed by atoms with van der Waals surface area (Å²) < 4.78 is 26.2. The van der Waals surface area contributed by atoms with E-state index in [9.17, 15) is 13.6 Å². The molecule has 2 saturated heterocycles. The summed E-state index contributed by atoms with van der Waals surface area (Å²) in [5.74, 6) is 0.172. The van der Waals surface area contributed by atoms with Crippen LogP contribution in [0.25, 0.3) is 0 Å². The minimum absolute atomic E-state index is 0. The van der Waals surface area contributed by atoms with Crippen molar-refractivity contribution in [3.05, 3.63) is 71.3 Å². The molecule has 0 aliphatic carbocycles. The topological polar surface area (TPSA) is 32.3 Å². The third kappa shape index (κ3) is 4.30. The van der Waals surface area contributed by atoms with E-state index in [0.717, 1.165) is 37.1 Å². The van der Waals surface area contributed by atoms with Crippen molar-refractivity contribution < 1.29 is 13.6 Å². The number of nitrogens with one attached hydrogen (secondary N) is 1. The van der Waals surface area contributed by atoms with E-state index < -0.39 is 0 Å². The number of rotatable bonds is 3. The van der Waals surface area contributed by atoms with E-state index in [1.807, 2.05) is 17.0 Å². The zero-order chi connectivity index (χ0) is 18.1. The number of halogens is 3. The van der Waals surface area contributed by atoms with Crippen molar-refractivity contribution in [3.8, 4) is 0 Å². The molecule has 0 bridgehead atoms. The monoisotopic (exact) mass is 392 g/mol. The van der Waals surface area contributed by atoms with Crippen LogP contribution in [0.2, 0.25) is 0 Å². The molecule has 3 nitrogen and oxygen atoms in total. The number of likely N-dealkylation sites (tertiary alicyclic amines) is 1. The highest BCUT2D eigenvalue weighted by Crippen LogP contribution is 2.31. The molecule has 0 unspecified atom stereocenters. The minimum Gasteiger partial charge on any atom is -0.341 e. The van der Waals surface area contributed by atoms with Gasteiger partial charge in [-0.1, -0.05) is 24.3 Å². The normalized spacial score (nSPS) is 24.7. The highest BCUT2D eigenvalue weighted by atomic mass is 35.5. The van der Waals surface area contributed by atoms with Crippen LogP contribution in [0.3, 0.4) is 0 Å². The van der Waals surface area contributed by atoms with E-state index in [1.165, 1.54) is 24.3 Å². The Morgan fingerprint density at radius 3 is 2.07 bits per heavy atom. The van der Waals surface area contributed by atoms with Gasteiger partial charge in [-0.15, -0.1) is 12.4 Å². The van der Waals surface area contributed by atoms with E-state index in [1.54, 1.807) is 12.1 Å². The van der Waals surface area contributed by atoms with E-state index in [0.29, 0.717) is 6.54 Å². The van der Waals surface area contributed by atoms with Gasteiger partial charge in [0.15, 0.2) is 0 Å². The van der Waals surface area contributed by atoms with Crippen LogP contribution in [-0.2, 0) is 4.79 Å². The van der Waals surface area contributed by atoms with Crippen LogP contribution in [0.15, 0.2) is 48.5 Å². The highest BCUT2D eigenvalue weighted by molar-refractivity contribution is 5.85. The number of amides is 1. The van der Waals surface area contributed by atoms with Crippen molar-refractivity contribution in [1.29, 1.82) is 0 Å². The van der Waals surface area contributed by atoms with E-state index in [-0.39, 0.29) is 47.8 Å². The highest BCUT2D eigenvalue weighted by Gasteiger charge is 2.36. The van der Waals surface area contributed by atoms with Gasteiger partial charge in [0.25, 0.3) is 0 Å². The molecule has 0 radical (unpaired) electrons. The third-order valence-electron chi connectivity index (χ3n) is 5.61. The fourth-order valence-electron chi connectivity index (χ4n) is 4.10. The van der Waals surface area contributed by atoms with Crippen LogP contribution < -0.4 is 5.32 Å². The second kappa shape index (κ2) is 8.36. The van der Waals surface area contributed by atoms with Gasteiger partial charge in [-0.2, -0.15) is 0 Å². The summed E-state index contributed by atoms with van der Waals surface area (Å²) in [5, 5.41) is 3.32. The van der Waals surface area contributed by atoms with Crippen molar-refractivity contribution in [2.24, 2.45) is 0 Å². The average Bonchev–Trinajstić information content (AvgIpc) is 3.32. The smallest absolute Gasteiger partial charge is 0.239 e. The van der Waals surface area contributed by atoms with Crippen LogP contribution in [0.4, 0.5) is 8.78 Å². The number of hydrogen-bond donors (Lipinski definition) is 1. The summed E-state index contributed by atoms with van der Waals surface area (Å²) in [5.41, 5.74) is 2.16. The van der Waals surface area contributed by atoms with Gasteiger partial charge >= 0.3 is 0 Å². The third-order valence-corrected chi connectivity index (χ3v) is 5.61. The van der Waals surface area contributed by atoms with Crippen molar-refractivity contribution in [2.45, 2.75) is 30.7 Å². The lowest BCUT2D eigenvalue weighted by atomic mass is 9.96. The minimum atomic E-state index is -0.240. The van der Waals surface area contributed by atoms with Crippen molar-refractivity contribution in [2.75, 3.05) is 19.6 Å². The fourth-order valence-corrected chi connectivity index (χ4v) is 4.10. The molecule has 2 aliphatic heterocycles. The Hall–Kier alpha value is -1.98. The predicted molar refractivity (Wildman–Crippen MR) is 103 cm³/mol. The first-order valence-corrected chi connectivity index (χ1v) is 9.13. The first-order valence-electron chi connectivity index (χ1n) is 9.13. The van der Waals surface area contributed by atoms with Gasteiger partial charge in [0.2, 0.25) is 5.91 Å². The molecule has 2 aliphatic rings. The molecule has 2 aromatic rings. The molecule has 2 fully saturated rings. The summed E-state index contributed by atoms with van der Waals surface area (Å²) >= 11 is 0. The van der Waals surface area contributed by atoms with Gasteiger partial charge in [-0.3, -0.25) is 4.79 Å². The van der Waals surface area contributed by atoms with Crippen LogP contribution >= 0.6 is 12.4 Å². The van der Waals surface area contributed by atoms with Crippen LogP contribution in [-0.4, -0.2) is 36.5 Å². The van der Waals surface area contributed by atoms with Crippen molar-refractivity contribution >= 4 is 18.3 Å². The molecule has 2 heterocycles. The van der Waals surface area contributed by atoms with Crippen LogP contribution in [0, 0.1) is 11.6 Å². The van der Waals surface area contributed by atoms with Gasteiger partial charge in [-0.25, -0.2) is 8.78 Å². The Balaban J connectivity index is 0.00000210. The zero-order valence-corrected chi connectivity index (χ0v) is 15.7. The summed E-state index contributed by atoms with van der Waals surface area (Å²) in [7, 11) is 0. The standard InChI is InChI=1S/C21H22F2N2O.ClH/c22-18-5-1-14(2-6-18)16-9-10-25(13-16)21(26)20-11-17(12-24-20)15-3-7-19(23)8-4-15;/h1-8,16-17,20,24H,9-13H2;1H/t16-,17-,20-;/m0./s1. The summed E-state index contributed by atoms with van der Waals surface area (Å²) in [6.45, 7) is 2.15. The molecule has 0 aromatic heterocycles. The molecule has 4 rings (SSSR count). The number of benzene rings is 2. The first-order chi connectivity index (χ1) is 12.6. The van der Waals surface area contributed by atoms with Gasteiger partial charge < -0.3 is 10.2 Å². The lowest BCUT2D eigenvalue weighted by Gasteiger charge is -2.21. The molecule has 1 N–H and O–H groups in total. The second-order valence-corrected chi connectivity index (χ2v) is 7.27. The van der Waals surface area contributed by atoms with E-state index in [4.69, 9.17) is 0 Å². The summed E-state index contributed by atoms with van der Waals surface area (Å²) in [4.78, 5) is 14.8. The molecule has 1 amide bonds. The molecule has 6 heteroatoms. The Labute approximate surface area is 164 Å². The summed E-state index contributed by atoms with van der Waals surface area (Å²) in [6, 6.07) is 12.9. The fraction of sp³-hybridized carbons (Fsp3) is 0.381. The Morgan fingerprint density at radius 2 is 1.48 bits per heavy atom. The first kappa shape index (κ1) is 19.8. The Kier molecular flexibility index (Phi) is 6.12. The maximum atomic E-state index is 13.1. The largest absolute Gasteiger partial charge is 0.341 e. The van der Waals surface area contributed by atoms with Crippen LogP contribution in [0.1, 0.15) is 35.8 Å². The maximum absolute atomic E-state index is 13.1. The van der Waals surface area contributed by atoms with E-state index >= 15 is 0 Å². The molecule has 0 spiro atoms. The molecular formula is C21H23ClF2N2O. The number of nitrogens with zero attached hydrogens (tertiary/aromatic N) is 1. The predicted octanol–water partition coefficient (Wildman–Crippen LogP) is 3.85. The molecule has 3 atom stereocenters. The number of carbonyl (C=O) groups excluding carboxylic acids is 1. The maximum Gasteiger partial charge on any atom is 0.239 e. The molecule has 0 saturated carbocycles. The molecule has 144 valence electrons. The van der Waals surface area contributed by atoms with Gasteiger partial charge in [0.1, 0.15) is 11.6 Å². The quantitative estimate of drug-likeness (QED) is 0.860. The molecule has 2 aromatic carbocycles. The summed E-state index contributed by atoms with van der Waals surface area (Å²) in [6.07, 6.45) is 1.65. The number of carbonyl (C=O) groups is 1.